The van der Waals surface area contributed by atoms with Crippen LogP contribution in [0.2, 0.25) is 0 Å². The van der Waals surface area contributed by atoms with Crippen LogP contribution in [0.5, 0.6) is 5.75 Å². The van der Waals surface area contributed by atoms with Crippen LogP contribution in [0.3, 0.4) is 0 Å². The van der Waals surface area contributed by atoms with Crippen LogP contribution in [-0.2, 0) is 14.0 Å². The Kier molecular flexibility index (Phi) is 4.85. The van der Waals surface area contributed by atoms with Gasteiger partial charge in [-0.2, -0.15) is 0 Å². The molecule has 0 amide bonds. The minimum Gasteiger partial charge on any atom is -0.491 e. The fraction of sp³-hybridized carbons (Fsp3) is 0.625. The standard InChI is InChI=1S/C16H24BFO4/c1-11(19-6)10-20-14-8-7-12(18)9-13(14)17-21-15(2,3)16(4,5)22-17/h7-9,11H,10H2,1-6H3. The minimum atomic E-state index is -0.659. The number of ether oxygens (including phenoxy) is 2. The zero-order valence-electron chi connectivity index (χ0n) is 14.1. The lowest BCUT2D eigenvalue weighted by Crippen LogP contribution is -2.41. The molecule has 1 saturated heterocycles. The van der Waals surface area contributed by atoms with Crippen LogP contribution in [0.15, 0.2) is 18.2 Å². The van der Waals surface area contributed by atoms with Crippen LogP contribution >= 0.6 is 0 Å². The third kappa shape index (κ3) is 3.45. The summed E-state index contributed by atoms with van der Waals surface area (Å²) in [4.78, 5) is 0. The summed E-state index contributed by atoms with van der Waals surface area (Å²) >= 11 is 0. The van der Waals surface area contributed by atoms with Crippen molar-refractivity contribution in [2.75, 3.05) is 13.7 Å². The molecule has 0 spiro atoms. The second kappa shape index (κ2) is 6.18. The number of methoxy groups -OCH3 is 1. The van der Waals surface area contributed by atoms with Gasteiger partial charge in [0.05, 0.1) is 17.3 Å². The van der Waals surface area contributed by atoms with Crippen LogP contribution in [0.25, 0.3) is 0 Å². The fourth-order valence-corrected chi connectivity index (χ4v) is 2.08. The Morgan fingerprint density at radius 2 is 1.77 bits per heavy atom. The first kappa shape index (κ1) is 17.3. The van der Waals surface area contributed by atoms with Gasteiger partial charge in [0.2, 0.25) is 0 Å². The highest BCUT2D eigenvalue weighted by atomic mass is 19.1. The molecule has 1 atom stereocenters. The van der Waals surface area contributed by atoms with Gasteiger partial charge in [0.1, 0.15) is 18.2 Å². The molecule has 22 heavy (non-hydrogen) atoms. The van der Waals surface area contributed by atoms with E-state index in [2.05, 4.69) is 0 Å². The van der Waals surface area contributed by atoms with Gasteiger partial charge >= 0.3 is 7.12 Å². The summed E-state index contributed by atoms with van der Waals surface area (Å²) in [5, 5.41) is 0. The molecule has 1 unspecified atom stereocenters. The van der Waals surface area contributed by atoms with Crippen molar-refractivity contribution in [1.29, 1.82) is 0 Å². The van der Waals surface area contributed by atoms with E-state index >= 15 is 0 Å². The summed E-state index contributed by atoms with van der Waals surface area (Å²) in [6.45, 7) is 10.1. The molecule has 6 heteroatoms. The molecule has 1 aliphatic heterocycles. The van der Waals surface area contributed by atoms with Gasteiger partial charge in [0.25, 0.3) is 0 Å². The van der Waals surface area contributed by atoms with Gasteiger partial charge in [-0.15, -0.1) is 0 Å². The van der Waals surface area contributed by atoms with Crippen molar-refractivity contribution in [3.63, 3.8) is 0 Å². The summed E-state index contributed by atoms with van der Waals surface area (Å²) in [5.41, 5.74) is -0.413. The molecule has 1 aromatic rings. The van der Waals surface area contributed by atoms with Crippen molar-refractivity contribution in [1.82, 2.24) is 0 Å². The van der Waals surface area contributed by atoms with Crippen molar-refractivity contribution in [3.8, 4) is 5.75 Å². The topological polar surface area (TPSA) is 36.9 Å². The highest BCUT2D eigenvalue weighted by Crippen LogP contribution is 2.37. The minimum absolute atomic E-state index is 0.0591. The summed E-state index contributed by atoms with van der Waals surface area (Å²) in [6, 6.07) is 4.36. The molecule has 0 N–H and O–H groups in total. The first-order valence-corrected chi connectivity index (χ1v) is 7.47. The van der Waals surface area contributed by atoms with Crippen LogP contribution in [0.4, 0.5) is 4.39 Å². The quantitative estimate of drug-likeness (QED) is 0.783. The van der Waals surface area contributed by atoms with E-state index in [9.17, 15) is 4.39 Å². The Labute approximate surface area is 132 Å². The Balaban J connectivity index is 2.25. The van der Waals surface area contributed by atoms with Crippen LogP contribution < -0.4 is 10.2 Å². The maximum atomic E-state index is 13.7. The molecular formula is C16H24BFO4. The summed E-state index contributed by atoms with van der Waals surface area (Å²) in [5.74, 6) is 0.195. The van der Waals surface area contributed by atoms with E-state index in [1.54, 1.807) is 13.2 Å². The van der Waals surface area contributed by atoms with E-state index in [1.807, 2.05) is 34.6 Å². The normalized spacial score (nSPS) is 21.0. The Morgan fingerprint density at radius 3 is 2.32 bits per heavy atom. The summed E-state index contributed by atoms with van der Waals surface area (Å²) in [7, 11) is 0.960. The van der Waals surface area contributed by atoms with Crippen LogP contribution in [-0.4, -0.2) is 38.1 Å². The third-order valence-electron chi connectivity index (χ3n) is 4.35. The molecule has 0 radical (unpaired) electrons. The highest BCUT2D eigenvalue weighted by Gasteiger charge is 2.52. The van der Waals surface area contributed by atoms with Crippen molar-refractivity contribution in [3.05, 3.63) is 24.0 Å². The highest BCUT2D eigenvalue weighted by molar-refractivity contribution is 6.63. The molecule has 1 heterocycles. The van der Waals surface area contributed by atoms with Gasteiger partial charge in [-0.05, 0) is 52.8 Å². The monoisotopic (exact) mass is 310 g/mol. The third-order valence-corrected chi connectivity index (χ3v) is 4.35. The molecule has 4 nitrogen and oxygen atoms in total. The van der Waals surface area contributed by atoms with Gasteiger partial charge in [-0.1, -0.05) is 0 Å². The lowest BCUT2D eigenvalue weighted by atomic mass is 9.78. The predicted molar refractivity (Wildman–Crippen MR) is 84.1 cm³/mol. The molecule has 0 bridgehead atoms. The Bertz CT molecular complexity index is 517. The Morgan fingerprint density at radius 1 is 1.18 bits per heavy atom. The van der Waals surface area contributed by atoms with Crippen molar-refractivity contribution >= 4 is 12.6 Å². The van der Waals surface area contributed by atoms with E-state index in [0.29, 0.717) is 17.8 Å². The summed E-state index contributed by atoms with van der Waals surface area (Å²) < 4.78 is 36.5. The molecule has 1 aromatic carbocycles. The SMILES string of the molecule is COC(C)COc1ccc(F)cc1B1OC(C)(C)C(C)(C)O1. The van der Waals surface area contributed by atoms with E-state index < -0.39 is 18.3 Å². The first-order valence-electron chi connectivity index (χ1n) is 7.47. The van der Waals surface area contributed by atoms with E-state index in [1.165, 1.54) is 12.1 Å². The molecule has 1 fully saturated rings. The zero-order valence-corrected chi connectivity index (χ0v) is 14.1. The molecular weight excluding hydrogens is 286 g/mol. The second-order valence-electron chi connectivity index (χ2n) is 6.63. The van der Waals surface area contributed by atoms with Gasteiger partial charge in [-0.25, -0.2) is 4.39 Å². The molecule has 122 valence electrons. The number of hydrogen-bond donors (Lipinski definition) is 0. The molecule has 0 saturated carbocycles. The van der Waals surface area contributed by atoms with Crippen molar-refractivity contribution in [2.24, 2.45) is 0 Å². The summed E-state index contributed by atoms with van der Waals surface area (Å²) in [6.07, 6.45) is -0.0591. The average molecular weight is 310 g/mol. The van der Waals surface area contributed by atoms with Crippen molar-refractivity contribution in [2.45, 2.75) is 51.9 Å². The molecule has 1 aliphatic rings. The largest absolute Gasteiger partial charge is 0.498 e. The number of hydrogen-bond acceptors (Lipinski definition) is 4. The van der Waals surface area contributed by atoms with Gasteiger partial charge in [0.15, 0.2) is 0 Å². The lowest BCUT2D eigenvalue weighted by Gasteiger charge is -2.32. The molecule has 0 aliphatic carbocycles. The molecule has 0 aromatic heterocycles. The first-order chi connectivity index (χ1) is 10.2. The number of halogens is 1. The maximum absolute atomic E-state index is 13.7. The smallest absolute Gasteiger partial charge is 0.491 e. The van der Waals surface area contributed by atoms with E-state index in [4.69, 9.17) is 18.8 Å². The van der Waals surface area contributed by atoms with Crippen LogP contribution in [0.1, 0.15) is 34.6 Å². The van der Waals surface area contributed by atoms with E-state index in [-0.39, 0.29) is 11.9 Å². The van der Waals surface area contributed by atoms with Gasteiger partial charge in [-0.3, -0.25) is 0 Å². The second-order valence-corrected chi connectivity index (χ2v) is 6.63. The predicted octanol–water partition coefficient (Wildman–Crippen LogP) is 2.54. The van der Waals surface area contributed by atoms with Gasteiger partial charge < -0.3 is 18.8 Å². The zero-order chi connectivity index (χ0) is 16.5. The van der Waals surface area contributed by atoms with Gasteiger partial charge in [0, 0.05) is 12.6 Å². The Hall–Kier alpha value is -1.11. The number of benzene rings is 1. The van der Waals surface area contributed by atoms with Crippen molar-refractivity contribution < 1.29 is 23.2 Å². The molecule has 2 rings (SSSR count). The number of rotatable bonds is 5. The van der Waals surface area contributed by atoms with Crippen LogP contribution in [0, 0.1) is 5.82 Å². The lowest BCUT2D eigenvalue weighted by molar-refractivity contribution is 0.00578. The fourth-order valence-electron chi connectivity index (χ4n) is 2.08. The average Bonchev–Trinajstić information content (AvgIpc) is 2.65. The maximum Gasteiger partial charge on any atom is 0.498 e. The van der Waals surface area contributed by atoms with E-state index in [0.717, 1.165) is 0 Å².